The monoisotopic (exact) mass is 425 g/mol. The summed E-state index contributed by atoms with van der Waals surface area (Å²) in [6, 6.07) is 5.32. The van der Waals surface area contributed by atoms with Crippen LogP contribution in [-0.2, 0) is 12.8 Å². The van der Waals surface area contributed by atoms with Gasteiger partial charge in [0.15, 0.2) is 0 Å². The van der Waals surface area contributed by atoms with Gasteiger partial charge in [0, 0.05) is 23.0 Å². The summed E-state index contributed by atoms with van der Waals surface area (Å²) < 4.78 is 16.0. The standard InChI is InChI=1S/C26H36NO2P/c1-17(2)27(18(3)4)30-28-23-15-13-19-9-5-7-11-21(19)25(23)26-22-12-8-6-10-20(22)14-16-24(26)29-30/h13-19,21H,5-12H2,1-4H3/t19-,21-,30?/m0/s1. The molecule has 0 saturated heterocycles. The van der Waals surface area contributed by atoms with E-state index in [1.807, 2.05) is 0 Å². The highest BCUT2D eigenvalue weighted by Crippen LogP contribution is 2.50. The molecule has 0 bridgehead atoms. The molecule has 3 aliphatic rings. The molecule has 0 radical (unpaired) electrons. The average molecular weight is 426 g/mol. The summed E-state index contributed by atoms with van der Waals surface area (Å²) in [6.07, 6.45) is 15.0. The summed E-state index contributed by atoms with van der Waals surface area (Å²) in [5, 5.41) is 1.40. The van der Waals surface area contributed by atoms with E-state index in [2.05, 4.69) is 56.7 Å². The van der Waals surface area contributed by atoms with E-state index in [0.29, 0.717) is 23.9 Å². The Morgan fingerprint density at radius 1 is 0.933 bits per heavy atom. The van der Waals surface area contributed by atoms with Crippen LogP contribution >= 0.6 is 8.16 Å². The number of rotatable bonds is 3. The number of hydrogen-bond donors (Lipinski definition) is 0. The minimum Gasteiger partial charge on any atom is -0.408 e. The topological polar surface area (TPSA) is 29.5 Å². The smallest absolute Gasteiger partial charge is 0.310 e. The highest BCUT2D eigenvalue weighted by Gasteiger charge is 2.34. The zero-order valence-corrected chi connectivity index (χ0v) is 19.9. The van der Waals surface area contributed by atoms with Crippen molar-refractivity contribution in [2.75, 3.05) is 4.67 Å². The average Bonchev–Trinajstić information content (AvgIpc) is 2.90. The minimum atomic E-state index is -1.18. The fourth-order valence-electron chi connectivity index (χ4n) is 6.05. The van der Waals surface area contributed by atoms with Crippen molar-refractivity contribution in [3.8, 4) is 0 Å². The lowest BCUT2D eigenvalue weighted by Crippen LogP contribution is -2.34. The summed E-state index contributed by atoms with van der Waals surface area (Å²) in [5.74, 6) is 2.33. The molecule has 1 aromatic heterocycles. The van der Waals surface area contributed by atoms with Crippen molar-refractivity contribution in [1.29, 1.82) is 0 Å². The summed E-state index contributed by atoms with van der Waals surface area (Å²) in [4.78, 5) is 0. The minimum absolute atomic E-state index is 0.370. The van der Waals surface area contributed by atoms with Crippen LogP contribution in [0.1, 0.15) is 94.6 Å². The number of fused-ring (bicyclic) bond motifs is 7. The van der Waals surface area contributed by atoms with Crippen LogP contribution in [0.2, 0.25) is 0 Å². The lowest BCUT2D eigenvalue weighted by Gasteiger charge is -2.33. The molecular formula is C26H36NO2P. The molecule has 2 aromatic rings. The Labute approximate surface area is 182 Å². The summed E-state index contributed by atoms with van der Waals surface area (Å²) in [6.45, 7) is 8.99. The quantitative estimate of drug-likeness (QED) is 0.498. The van der Waals surface area contributed by atoms with Crippen LogP contribution < -0.4 is 4.67 Å². The molecule has 0 N–H and O–H groups in total. The van der Waals surface area contributed by atoms with Crippen LogP contribution in [0.15, 0.2) is 26.6 Å². The fraction of sp³-hybridized carbons (Fsp3) is 0.615. The van der Waals surface area contributed by atoms with Crippen molar-refractivity contribution in [2.24, 2.45) is 5.92 Å². The Kier molecular flexibility index (Phi) is 5.62. The zero-order chi connectivity index (χ0) is 20.8. The summed E-state index contributed by atoms with van der Waals surface area (Å²) >= 11 is 0. The number of aryl methyl sites for hydroxylation is 2. The van der Waals surface area contributed by atoms with Crippen molar-refractivity contribution < 1.29 is 8.39 Å². The fourth-order valence-corrected chi connectivity index (χ4v) is 7.68. The molecule has 1 aromatic carbocycles. The van der Waals surface area contributed by atoms with Gasteiger partial charge >= 0.3 is 8.16 Å². The number of allylic oxidation sites excluding steroid dienone is 1. The van der Waals surface area contributed by atoms with Gasteiger partial charge in [-0.25, -0.2) is 0 Å². The maximum Gasteiger partial charge on any atom is 0.310 e. The van der Waals surface area contributed by atoms with E-state index in [4.69, 9.17) is 8.39 Å². The Morgan fingerprint density at radius 2 is 1.70 bits per heavy atom. The largest absolute Gasteiger partial charge is 0.408 e. The number of benzene rings is 1. The molecule has 1 fully saturated rings. The lowest BCUT2D eigenvalue weighted by atomic mass is 9.71. The van der Waals surface area contributed by atoms with E-state index < -0.39 is 8.16 Å². The van der Waals surface area contributed by atoms with Crippen LogP contribution in [0, 0.1) is 5.92 Å². The predicted octanol–water partition coefficient (Wildman–Crippen LogP) is 8.07. The van der Waals surface area contributed by atoms with Gasteiger partial charge in [0.2, 0.25) is 0 Å². The first-order chi connectivity index (χ1) is 14.5. The van der Waals surface area contributed by atoms with E-state index >= 15 is 0 Å². The van der Waals surface area contributed by atoms with Crippen molar-refractivity contribution >= 4 is 25.2 Å². The Morgan fingerprint density at radius 3 is 2.50 bits per heavy atom. The third kappa shape index (κ3) is 3.49. The molecule has 30 heavy (non-hydrogen) atoms. The highest BCUT2D eigenvalue weighted by molar-refractivity contribution is 7.38. The van der Waals surface area contributed by atoms with Crippen molar-refractivity contribution in [3.63, 3.8) is 0 Å². The summed E-state index contributed by atoms with van der Waals surface area (Å²) in [7, 11) is -1.18. The van der Waals surface area contributed by atoms with Crippen molar-refractivity contribution in [3.05, 3.63) is 40.7 Å². The first kappa shape index (κ1) is 20.5. The van der Waals surface area contributed by atoms with E-state index in [0.717, 1.165) is 11.3 Å². The molecule has 5 rings (SSSR count). The molecule has 162 valence electrons. The van der Waals surface area contributed by atoms with Crippen molar-refractivity contribution in [2.45, 2.75) is 97.1 Å². The maximum absolute atomic E-state index is 6.78. The summed E-state index contributed by atoms with van der Waals surface area (Å²) in [5.41, 5.74) is 5.62. The van der Waals surface area contributed by atoms with Crippen LogP contribution in [0.4, 0.5) is 0 Å². The van der Waals surface area contributed by atoms with Gasteiger partial charge in [-0.2, -0.15) is 4.67 Å². The zero-order valence-electron chi connectivity index (χ0n) is 19.0. The van der Waals surface area contributed by atoms with Gasteiger partial charge < -0.3 is 8.39 Å². The van der Waals surface area contributed by atoms with E-state index in [-0.39, 0.29) is 0 Å². The molecule has 0 amide bonds. The van der Waals surface area contributed by atoms with Crippen LogP contribution in [0.25, 0.3) is 17.0 Å². The third-order valence-corrected chi connectivity index (χ3v) is 9.32. The van der Waals surface area contributed by atoms with Gasteiger partial charge in [-0.3, -0.25) is 0 Å². The van der Waals surface area contributed by atoms with Gasteiger partial charge in [-0.1, -0.05) is 25.0 Å². The molecule has 3 aliphatic carbocycles. The number of nitrogens with zero attached hydrogens (tertiary/aromatic N) is 1. The maximum atomic E-state index is 6.78. The molecule has 0 spiro atoms. The highest BCUT2D eigenvalue weighted by atomic mass is 31.1. The normalized spacial score (nSPS) is 23.6. The second-order valence-electron chi connectivity index (χ2n) is 9.96. The lowest BCUT2D eigenvalue weighted by molar-refractivity contribution is 0.356. The van der Waals surface area contributed by atoms with E-state index in [1.165, 1.54) is 67.9 Å². The second-order valence-corrected chi connectivity index (χ2v) is 11.3. The predicted molar refractivity (Wildman–Crippen MR) is 128 cm³/mol. The molecule has 1 heterocycles. The Balaban J connectivity index is 1.84. The van der Waals surface area contributed by atoms with E-state index in [9.17, 15) is 0 Å². The van der Waals surface area contributed by atoms with Gasteiger partial charge in [0.1, 0.15) is 11.3 Å². The molecule has 4 heteroatoms. The van der Waals surface area contributed by atoms with Gasteiger partial charge in [-0.05, 0) is 101 Å². The molecule has 0 aliphatic heterocycles. The van der Waals surface area contributed by atoms with Gasteiger partial charge in [-0.15, -0.1) is 0 Å². The van der Waals surface area contributed by atoms with Crippen LogP contribution in [-0.4, -0.2) is 12.1 Å². The van der Waals surface area contributed by atoms with Gasteiger partial charge in [0.25, 0.3) is 0 Å². The van der Waals surface area contributed by atoms with Crippen molar-refractivity contribution in [1.82, 2.24) is 0 Å². The molecule has 1 unspecified atom stereocenters. The number of hydrogen-bond acceptors (Lipinski definition) is 3. The first-order valence-electron chi connectivity index (χ1n) is 12.1. The van der Waals surface area contributed by atoms with E-state index in [1.54, 1.807) is 5.56 Å². The van der Waals surface area contributed by atoms with Crippen LogP contribution in [0.3, 0.4) is 0 Å². The molecule has 3 nitrogen and oxygen atoms in total. The third-order valence-electron chi connectivity index (χ3n) is 7.31. The van der Waals surface area contributed by atoms with Gasteiger partial charge in [0.05, 0.1) is 0 Å². The SMILES string of the molecule is CC(C)N(C(C)C)p1oc2c(c3c4c(ccc3o1)CCCC4)[C@H]1CCCC[C@H]1C=C2. The Hall–Kier alpha value is -1.44. The second kappa shape index (κ2) is 8.24. The molecule has 3 atom stereocenters. The molecule has 1 saturated carbocycles. The first-order valence-corrected chi connectivity index (χ1v) is 13.2. The Bertz CT molecular complexity index is 996. The van der Waals surface area contributed by atoms with Crippen LogP contribution in [0.5, 0.6) is 0 Å². The molecular weight excluding hydrogens is 389 g/mol.